The molecule has 0 aliphatic carbocycles. The molecule has 5 rings (SSSR count). The van der Waals surface area contributed by atoms with Gasteiger partial charge in [0.15, 0.2) is 11.8 Å². The van der Waals surface area contributed by atoms with Gasteiger partial charge in [0.25, 0.3) is 5.91 Å². The summed E-state index contributed by atoms with van der Waals surface area (Å²) in [6, 6.07) is 5.97. The predicted octanol–water partition coefficient (Wildman–Crippen LogP) is 1.82. The summed E-state index contributed by atoms with van der Waals surface area (Å²) < 4.78 is 7.83. The predicted molar refractivity (Wildman–Crippen MR) is 104 cm³/mol. The van der Waals surface area contributed by atoms with Crippen molar-refractivity contribution >= 4 is 34.4 Å². The van der Waals surface area contributed by atoms with Crippen LogP contribution in [0.3, 0.4) is 0 Å². The van der Waals surface area contributed by atoms with Crippen LogP contribution in [0.1, 0.15) is 10.4 Å². The Balaban J connectivity index is 1.35. The number of amides is 1. The van der Waals surface area contributed by atoms with Crippen LogP contribution in [0.15, 0.2) is 29.8 Å². The van der Waals surface area contributed by atoms with Crippen LogP contribution in [-0.2, 0) is 29.5 Å². The van der Waals surface area contributed by atoms with E-state index in [1.54, 1.807) is 17.5 Å². The average molecular weight is 383 g/mol. The number of aryl methyl sites for hydroxylation is 1. The topological polar surface area (TPSA) is 63.5 Å². The fraction of sp³-hybridized carbons (Fsp3) is 0.421. The number of morpholine rings is 1. The molecule has 0 bridgehead atoms. The first-order valence-electron chi connectivity index (χ1n) is 9.19. The highest BCUT2D eigenvalue weighted by atomic mass is 32.1. The van der Waals surface area contributed by atoms with E-state index in [-0.39, 0.29) is 5.91 Å². The molecule has 5 heterocycles. The van der Waals surface area contributed by atoms with Gasteiger partial charge in [-0.1, -0.05) is 0 Å². The normalized spacial score (nSPS) is 20.1. The number of hydrogen-bond acceptors (Lipinski definition) is 6. The molecule has 3 aromatic heterocycles. The molecule has 7 nitrogen and oxygen atoms in total. The van der Waals surface area contributed by atoms with Crippen molar-refractivity contribution in [2.75, 3.05) is 31.1 Å². The molecule has 0 saturated carbocycles. The van der Waals surface area contributed by atoms with E-state index in [1.165, 1.54) is 10.4 Å². The van der Waals surface area contributed by atoms with E-state index in [0.29, 0.717) is 19.7 Å². The molecule has 8 heteroatoms. The van der Waals surface area contributed by atoms with Gasteiger partial charge >= 0.3 is 0 Å². The molecular weight excluding hydrogens is 362 g/mol. The average Bonchev–Trinajstić information content (AvgIpc) is 3.32. The van der Waals surface area contributed by atoms with Gasteiger partial charge in [-0.05, 0) is 35.6 Å². The first-order chi connectivity index (χ1) is 13.2. The number of aromatic nitrogens is 3. The number of anilines is 1. The summed E-state index contributed by atoms with van der Waals surface area (Å²) in [5.74, 6) is 0.914. The highest BCUT2D eigenvalue weighted by Crippen LogP contribution is 2.26. The number of nitrogens with zero attached hydrogens (tertiary/aromatic N) is 5. The number of thiophene rings is 1. The van der Waals surface area contributed by atoms with Gasteiger partial charge < -0.3 is 14.5 Å². The van der Waals surface area contributed by atoms with Crippen LogP contribution in [0, 0.1) is 0 Å². The van der Waals surface area contributed by atoms with Crippen LogP contribution in [0.4, 0.5) is 5.95 Å². The molecule has 1 unspecified atom stereocenters. The van der Waals surface area contributed by atoms with Gasteiger partial charge in [0.1, 0.15) is 5.52 Å². The maximum atomic E-state index is 13.1. The number of imidazole rings is 1. The Morgan fingerprint density at radius 3 is 3.15 bits per heavy atom. The summed E-state index contributed by atoms with van der Waals surface area (Å²) in [4.78, 5) is 27.6. The third-order valence-electron chi connectivity index (χ3n) is 5.35. The third kappa shape index (κ3) is 2.89. The lowest BCUT2D eigenvalue weighted by atomic mass is 10.1. The second kappa shape index (κ2) is 6.61. The number of rotatable bonds is 2. The van der Waals surface area contributed by atoms with Gasteiger partial charge in [0.2, 0.25) is 5.95 Å². The molecule has 27 heavy (non-hydrogen) atoms. The number of carbonyl (C=O) groups excluding carboxylic acids is 1. The first-order valence-corrected chi connectivity index (χ1v) is 10.1. The Labute approximate surface area is 161 Å². The van der Waals surface area contributed by atoms with Crippen LogP contribution in [0.2, 0.25) is 0 Å². The zero-order valence-corrected chi connectivity index (χ0v) is 16.0. The quantitative estimate of drug-likeness (QED) is 0.676. The summed E-state index contributed by atoms with van der Waals surface area (Å²) in [5, 5.41) is 2.11. The Hall–Kier alpha value is -2.45. The van der Waals surface area contributed by atoms with E-state index in [2.05, 4.69) is 21.3 Å². The smallest absolute Gasteiger partial charge is 0.253 e. The van der Waals surface area contributed by atoms with E-state index in [1.807, 2.05) is 28.6 Å². The molecule has 2 aliphatic rings. The van der Waals surface area contributed by atoms with Crippen molar-refractivity contribution in [3.8, 4) is 0 Å². The minimum absolute atomic E-state index is 0.0773. The van der Waals surface area contributed by atoms with Crippen molar-refractivity contribution in [2.45, 2.75) is 19.1 Å². The number of fused-ring (bicyclic) bond motifs is 2. The molecule has 0 spiro atoms. The molecule has 1 fully saturated rings. The summed E-state index contributed by atoms with van der Waals surface area (Å²) in [7, 11) is 1.96. The minimum atomic E-state index is -0.452. The SMILES string of the molecule is Cn1c(N2CCOC(C(=O)N3CCc4sccc4C3)C2)nc2cccnc21. The maximum absolute atomic E-state index is 13.1. The largest absolute Gasteiger partial charge is 0.365 e. The lowest BCUT2D eigenvalue weighted by Crippen LogP contribution is -2.52. The standard InChI is InChI=1S/C19H21N5O2S/c1-22-17-14(3-2-6-20-17)21-19(22)24-8-9-26-15(12-24)18(25)23-7-4-16-13(11-23)5-10-27-16/h2-3,5-6,10,15H,4,7-9,11-12H2,1H3. The molecule has 2 aliphatic heterocycles. The Kier molecular flexibility index (Phi) is 4.09. The molecule has 1 amide bonds. The summed E-state index contributed by atoms with van der Waals surface area (Å²) in [6.45, 7) is 3.21. The number of ether oxygens (including phenoxy) is 1. The van der Waals surface area contributed by atoms with E-state index < -0.39 is 6.10 Å². The third-order valence-corrected chi connectivity index (χ3v) is 6.37. The lowest BCUT2D eigenvalue weighted by molar-refractivity contribution is -0.145. The molecule has 1 atom stereocenters. The molecule has 1 saturated heterocycles. The van der Waals surface area contributed by atoms with Crippen LogP contribution >= 0.6 is 11.3 Å². The van der Waals surface area contributed by atoms with Gasteiger partial charge in [0, 0.05) is 37.8 Å². The number of hydrogen-bond donors (Lipinski definition) is 0. The van der Waals surface area contributed by atoms with Gasteiger partial charge in [0.05, 0.1) is 13.2 Å². The zero-order valence-electron chi connectivity index (χ0n) is 15.2. The fourth-order valence-corrected chi connectivity index (χ4v) is 4.80. The second-order valence-corrected chi connectivity index (χ2v) is 8.00. The zero-order chi connectivity index (χ0) is 18.4. The first kappa shape index (κ1) is 16.7. The number of carbonyl (C=O) groups is 1. The second-order valence-electron chi connectivity index (χ2n) is 7.00. The van der Waals surface area contributed by atoms with Crippen LogP contribution < -0.4 is 4.90 Å². The Morgan fingerprint density at radius 2 is 2.26 bits per heavy atom. The summed E-state index contributed by atoms with van der Waals surface area (Å²) in [5.41, 5.74) is 2.99. The summed E-state index contributed by atoms with van der Waals surface area (Å²) >= 11 is 1.78. The molecule has 3 aromatic rings. The molecule has 0 aromatic carbocycles. The molecular formula is C19H21N5O2S. The maximum Gasteiger partial charge on any atom is 0.253 e. The summed E-state index contributed by atoms with van der Waals surface area (Å²) in [6.07, 6.45) is 2.26. The van der Waals surface area contributed by atoms with Crippen molar-refractivity contribution in [1.29, 1.82) is 0 Å². The van der Waals surface area contributed by atoms with E-state index in [0.717, 1.165) is 36.6 Å². The van der Waals surface area contributed by atoms with Crippen LogP contribution in [-0.4, -0.2) is 57.7 Å². The van der Waals surface area contributed by atoms with E-state index in [4.69, 9.17) is 9.72 Å². The Morgan fingerprint density at radius 1 is 1.33 bits per heavy atom. The molecule has 140 valence electrons. The van der Waals surface area contributed by atoms with Crippen molar-refractivity contribution in [3.63, 3.8) is 0 Å². The molecule has 0 N–H and O–H groups in total. The van der Waals surface area contributed by atoms with Crippen molar-refractivity contribution in [2.24, 2.45) is 7.05 Å². The minimum Gasteiger partial charge on any atom is -0.365 e. The highest BCUT2D eigenvalue weighted by Gasteiger charge is 2.33. The van der Waals surface area contributed by atoms with Gasteiger partial charge in [-0.3, -0.25) is 9.36 Å². The van der Waals surface area contributed by atoms with Crippen LogP contribution in [0.25, 0.3) is 11.2 Å². The Bertz CT molecular complexity index is 997. The molecule has 0 radical (unpaired) electrons. The van der Waals surface area contributed by atoms with Crippen LogP contribution in [0.5, 0.6) is 0 Å². The van der Waals surface area contributed by atoms with Gasteiger partial charge in [-0.25, -0.2) is 9.97 Å². The lowest BCUT2D eigenvalue weighted by Gasteiger charge is -2.36. The monoisotopic (exact) mass is 383 g/mol. The van der Waals surface area contributed by atoms with E-state index >= 15 is 0 Å². The van der Waals surface area contributed by atoms with Gasteiger partial charge in [-0.15, -0.1) is 11.3 Å². The number of pyridine rings is 1. The van der Waals surface area contributed by atoms with Crippen molar-refractivity contribution in [1.82, 2.24) is 19.4 Å². The van der Waals surface area contributed by atoms with Crippen molar-refractivity contribution in [3.05, 3.63) is 40.2 Å². The van der Waals surface area contributed by atoms with E-state index in [9.17, 15) is 4.79 Å². The fourth-order valence-electron chi connectivity index (χ4n) is 3.92. The van der Waals surface area contributed by atoms with Gasteiger partial charge in [-0.2, -0.15) is 0 Å². The van der Waals surface area contributed by atoms with Crippen molar-refractivity contribution < 1.29 is 9.53 Å². The highest BCUT2D eigenvalue weighted by molar-refractivity contribution is 7.10.